The highest BCUT2D eigenvalue weighted by Crippen LogP contribution is 2.38. The average Bonchev–Trinajstić information content (AvgIpc) is 2.34. The van der Waals surface area contributed by atoms with Crippen LogP contribution in [-0.4, -0.2) is 12.6 Å². The second kappa shape index (κ2) is 8.19. The molecule has 18 heavy (non-hydrogen) atoms. The number of nitrogens with one attached hydrogen (secondary N) is 1. The summed E-state index contributed by atoms with van der Waals surface area (Å²) in [6.45, 7) is 12.9. The molecule has 0 heterocycles. The zero-order valence-electron chi connectivity index (χ0n) is 13.3. The van der Waals surface area contributed by atoms with Crippen molar-refractivity contribution >= 4 is 0 Å². The Hall–Kier alpha value is -0.0400. The monoisotopic (exact) mass is 253 g/mol. The Labute approximate surface area is 115 Å². The van der Waals surface area contributed by atoms with Crippen molar-refractivity contribution in [1.82, 2.24) is 5.32 Å². The molecule has 1 nitrogen and oxygen atoms in total. The van der Waals surface area contributed by atoms with Gasteiger partial charge in [-0.15, -0.1) is 0 Å². The SMILES string of the molecule is CCC1CCC(CNC(C)C)C(CCC(C)C)C1. The molecule has 1 heteroatoms. The Kier molecular flexibility index (Phi) is 7.29. The minimum Gasteiger partial charge on any atom is -0.314 e. The lowest BCUT2D eigenvalue weighted by Crippen LogP contribution is -2.36. The molecule has 0 saturated heterocycles. The normalized spacial score (nSPS) is 29.2. The molecule has 1 rings (SSSR count). The number of hydrogen-bond acceptors (Lipinski definition) is 1. The molecule has 0 spiro atoms. The zero-order valence-corrected chi connectivity index (χ0v) is 13.3. The smallest absolute Gasteiger partial charge is 0.00104 e. The Morgan fingerprint density at radius 2 is 1.78 bits per heavy atom. The van der Waals surface area contributed by atoms with Gasteiger partial charge in [0.1, 0.15) is 0 Å². The molecule has 108 valence electrons. The lowest BCUT2D eigenvalue weighted by molar-refractivity contribution is 0.154. The lowest BCUT2D eigenvalue weighted by Gasteiger charge is -2.37. The minimum atomic E-state index is 0.639. The van der Waals surface area contributed by atoms with E-state index < -0.39 is 0 Å². The van der Waals surface area contributed by atoms with Gasteiger partial charge in [-0.05, 0) is 49.5 Å². The molecule has 1 aliphatic carbocycles. The molecule has 1 saturated carbocycles. The van der Waals surface area contributed by atoms with Gasteiger partial charge < -0.3 is 5.32 Å². The molecule has 1 aliphatic rings. The van der Waals surface area contributed by atoms with Gasteiger partial charge in [-0.1, -0.05) is 53.9 Å². The van der Waals surface area contributed by atoms with Gasteiger partial charge in [-0.2, -0.15) is 0 Å². The van der Waals surface area contributed by atoms with E-state index in [1.165, 1.54) is 45.1 Å². The van der Waals surface area contributed by atoms with Gasteiger partial charge in [0.15, 0.2) is 0 Å². The Morgan fingerprint density at radius 1 is 1.06 bits per heavy atom. The van der Waals surface area contributed by atoms with E-state index in [4.69, 9.17) is 0 Å². The molecule has 1 N–H and O–H groups in total. The minimum absolute atomic E-state index is 0.639. The summed E-state index contributed by atoms with van der Waals surface area (Å²) in [5.74, 6) is 3.80. The van der Waals surface area contributed by atoms with E-state index in [0.29, 0.717) is 6.04 Å². The fourth-order valence-corrected chi connectivity index (χ4v) is 3.35. The lowest BCUT2D eigenvalue weighted by atomic mass is 9.71. The van der Waals surface area contributed by atoms with Crippen LogP contribution in [0.4, 0.5) is 0 Å². The zero-order chi connectivity index (χ0) is 13.5. The standard InChI is InChI=1S/C17H35N/c1-6-15-8-10-17(12-18-14(4)5)16(11-15)9-7-13(2)3/h13-18H,6-12H2,1-5H3. The van der Waals surface area contributed by atoms with Crippen molar-refractivity contribution in [3.63, 3.8) is 0 Å². The van der Waals surface area contributed by atoms with Crippen LogP contribution in [0.3, 0.4) is 0 Å². The second-order valence-corrected chi connectivity index (χ2v) is 7.14. The molecule has 0 aromatic rings. The van der Waals surface area contributed by atoms with E-state index in [0.717, 1.165) is 23.7 Å². The maximum absolute atomic E-state index is 3.67. The van der Waals surface area contributed by atoms with Gasteiger partial charge in [-0.3, -0.25) is 0 Å². The maximum atomic E-state index is 3.67. The Morgan fingerprint density at radius 3 is 2.33 bits per heavy atom. The fraction of sp³-hybridized carbons (Fsp3) is 1.00. The molecule has 0 aromatic carbocycles. The largest absolute Gasteiger partial charge is 0.314 e. The summed E-state index contributed by atoms with van der Waals surface area (Å²) in [6.07, 6.45) is 8.69. The van der Waals surface area contributed by atoms with E-state index in [9.17, 15) is 0 Å². The van der Waals surface area contributed by atoms with Crippen molar-refractivity contribution in [2.45, 2.75) is 79.2 Å². The van der Waals surface area contributed by atoms with Gasteiger partial charge in [0.2, 0.25) is 0 Å². The van der Waals surface area contributed by atoms with Gasteiger partial charge in [0.05, 0.1) is 0 Å². The highest BCUT2D eigenvalue weighted by molar-refractivity contribution is 4.81. The van der Waals surface area contributed by atoms with Crippen molar-refractivity contribution in [3.05, 3.63) is 0 Å². The van der Waals surface area contributed by atoms with Crippen molar-refractivity contribution < 1.29 is 0 Å². The summed E-state index contributed by atoms with van der Waals surface area (Å²) in [4.78, 5) is 0. The highest BCUT2D eigenvalue weighted by Gasteiger charge is 2.29. The van der Waals surface area contributed by atoms with Crippen LogP contribution in [0.1, 0.15) is 73.1 Å². The summed E-state index contributed by atoms with van der Waals surface area (Å²) in [7, 11) is 0. The molecule has 3 unspecified atom stereocenters. The molecule has 1 fully saturated rings. The summed E-state index contributed by atoms with van der Waals surface area (Å²) in [5.41, 5.74) is 0. The van der Waals surface area contributed by atoms with Gasteiger partial charge in [0, 0.05) is 6.04 Å². The molecule has 0 radical (unpaired) electrons. The number of rotatable bonds is 7. The van der Waals surface area contributed by atoms with Crippen LogP contribution in [0.2, 0.25) is 0 Å². The first-order valence-corrected chi connectivity index (χ1v) is 8.26. The molecule has 0 bridgehead atoms. The summed E-state index contributed by atoms with van der Waals surface area (Å²) < 4.78 is 0. The first kappa shape index (κ1) is 16.0. The van der Waals surface area contributed by atoms with Crippen LogP contribution < -0.4 is 5.32 Å². The molecule has 3 atom stereocenters. The van der Waals surface area contributed by atoms with E-state index in [1.807, 2.05) is 0 Å². The molecular weight excluding hydrogens is 218 g/mol. The van der Waals surface area contributed by atoms with E-state index in [2.05, 4.69) is 39.9 Å². The van der Waals surface area contributed by atoms with Crippen molar-refractivity contribution in [2.24, 2.45) is 23.7 Å². The predicted octanol–water partition coefficient (Wildman–Crippen LogP) is 4.86. The van der Waals surface area contributed by atoms with Crippen molar-refractivity contribution in [2.75, 3.05) is 6.54 Å². The average molecular weight is 253 g/mol. The molecule has 0 aromatic heterocycles. The van der Waals surface area contributed by atoms with Crippen LogP contribution in [0.5, 0.6) is 0 Å². The van der Waals surface area contributed by atoms with E-state index in [1.54, 1.807) is 0 Å². The van der Waals surface area contributed by atoms with Crippen LogP contribution in [0, 0.1) is 23.7 Å². The van der Waals surface area contributed by atoms with E-state index >= 15 is 0 Å². The van der Waals surface area contributed by atoms with Gasteiger partial charge >= 0.3 is 0 Å². The van der Waals surface area contributed by atoms with Crippen LogP contribution in [0.25, 0.3) is 0 Å². The molecular formula is C17H35N. The third-order valence-electron chi connectivity index (χ3n) is 4.73. The first-order valence-electron chi connectivity index (χ1n) is 8.26. The summed E-state index contributed by atoms with van der Waals surface area (Å²) in [5, 5.41) is 3.67. The van der Waals surface area contributed by atoms with Crippen LogP contribution >= 0.6 is 0 Å². The Bertz CT molecular complexity index is 210. The topological polar surface area (TPSA) is 12.0 Å². The van der Waals surface area contributed by atoms with Gasteiger partial charge in [0.25, 0.3) is 0 Å². The quantitative estimate of drug-likeness (QED) is 0.683. The van der Waals surface area contributed by atoms with E-state index in [-0.39, 0.29) is 0 Å². The van der Waals surface area contributed by atoms with Crippen molar-refractivity contribution in [3.8, 4) is 0 Å². The number of hydrogen-bond donors (Lipinski definition) is 1. The Balaban J connectivity index is 2.45. The van der Waals surface area contributed by atoms with Crippen LogP contribution in [0.15, 0.2) is 0 Å². The highest BCUT2D eigenvalue weighted by atomic mass is 14.9. The molecule has 0 amide bonds. The third-order valence-corrected chi connectivity index (χ3v) is 4.73. The molecule has 0 aliphatic heterocycles. The third kappa shape index (κ3) is 5.73. The fourth-order valence-electron chi connectivity index (χ4n) is 3.35. The van der Waals surface area contributed by atoms with Crippen LogP contribution in [-0.2, 0) is 0 Å². The predicted molar refractivity (Wildman–Crippen MR) is 81.8 cm³/mol. The summed E-state index contributed by atoms with van der Waals surface area (Å²) in [6, 6.07) is 0.639. The van der Waals surface area contributed by atoms with Gasteiger partial charge in [-0.25, -0.2) is 0 Å². The van der Waals surface area contributed by atoms with Crippen molar-refractivity contribution in [1.29, 1.82) is 0 Å². The second-order valence-electron chi connectivity index (χ2n) is 7.14. The summed E-state index contributed by atoms with van der Waals surface area (Å²) >= 11 is 0. The maximum Gasteiger partial charge on any atom is 0.00104 e. The first-order chi connectivity index (χ1) is 8.52.